The molecule has 100 valence electrons. The molecule has 0 aromatic carbocycles. The van der Waals surface area contributed by atoms with E-state index in [1.54, 1.807) is 6.08 Å². The summed E-state index contributed by atoms with van der Waals surface area (Å²) < 4.78 is 0. The standard InChI is InChI=1S/C15H23NO2/c1-11(2)9-14(17)10-12(3)5-4-6-13-7-8-16-15(13)18/h7,10-11H,4-6,8-9H2,1-3H3,(H,16,18)/b12-10+. The zero-order chi connectivity index (χ0) is 13.5. The third-order valence-corrected chi connectivity index (χ3v) is 2.94. The van der Waals surface area contributed by atoms with Gasteiger partial charge in [-0.25, -0.2) is 0 Å². The number of hydrogen-bond donors (Lipinski definition) is 1. The van der Waals surface area contributed by atoms with Crippen LogP contribution in [0, 0.1) is 5.92 Å². The highest BCUT2D eigenvalue weighted by atomic mass is 16.2. The van der Waals surface area contributed by atoms with Gasteiger partial charge in [0, 0.05) is 18.5 Å². The molecule has 0 atom stereocenters. The molecule has 18 heavy (non-hydrogen) atoms. The molecule has 1 heterocycles. The Morgan fingerprint density at radius 1 is 1.50 bits per heavy atom. The molecule has 1 rings (SSSR count). The number of allylic oxidation sites excluding steroid dienone is 2. The second-order valence-electron chi connectivity index (χ2n) is 5.35. The SMILES string of the molecule is C/C(=C\C(=O)CC(C)C)CCCC1=CCNC1=O. The first-order chi connectivity index (χ1) is 8.49. The zero-order valence-corrected chi connectivity index (χ0v) is 11.6. The minimum atomic E-state index is 0.0625. The molecule has 1 aliphatic rings. The molecule has 0 spiro atoms. The van der Waals surface area contributed by atoms with Gasteiger partial charge in [0.1, 0.15) is 0 Å². The number of ketones is 1. The van der Waals surface area contributed by atoms with E-state index >= 15 is 0 Å². The first kappa shape index (κ1) is 14.7. The number of amides is 1. The quantitative estimate of drug-likeness (QED) is 0.705. The van der Waals surface area contributed by atoms with Crippen LogP contribution in [0.1, 0.15) is 46.5 Å². The molecular formula is C15H23NO2. The Bertz CT molecular complexity index is 378. The Balaban J connectivity index is 2.28. The monoisotopic (exact) mass is 249 g/mol. The highest BCUT2D eigenvalue weighted by molar-refractivity contribution is 5.95. The highest BCUT2D eigenvalue weighted by Crippen LogP contribution is 2.15. The number of hydrogen-bond acceptors (Lipinski definition) is 2. The summed E-state index contributed by atoms with van der Waals surface area (Å²) in [6, 6.07) is 0. The van der Waals surface area contributed by atoms with Crippen LogP contribution >= 0.6 is 0 Å². The fourth-order valence-electron chi connectivity index (χ4n) is 2.05. The molecule has 0 aromatic heterocycles. The molecule has 0 aromatic rings. The van der Waals surface area contributed by atoms with Gasteiger partial charge in [-0.1, -0.05) is 25.5 Å². The number of carbonyl (C=O) groups excluding carboxylic acids is 2. The average Bonchev–Trinajstić information content (AvgIpc) is 2.63. The minimum Gasteiger partial charge on any atom is -0.349 e. The van der Waals surface area contributed by atoms with E-state index in [4.69, 9.17) is 0 Å². The Morgan fingerprint density at radius 2 is 2.22 bits per heavy atom. The fourth-order valence-corrected chi connectivity index (χ4v) is 2.05. The van der Waals surface area contributed by atoms with Crippen molar-refractivity contribution in [2.24, 2.45) is 5.92 Å². The van der Waals surface area contributed by atoms with E-state index in [2.05, 4.69) is 5.32 Å². The Hall–Kier alpha value is -1.38. The van der Waals surface area contributed by atoms with Gasteiger partial charge in [-0.3, -0.25) is 9.59 Å². The molecule has 0 unspecified atom stereocenters. The molecule has 0 fully saturated rings. The molecule has 1 aliphatic heterocycles. The summed E-state index contributed by atoms with van der Waals surface area (Å²) in [6.07, 6.45) is 6.93. The van der Waals surface area contributed by atoms with Gasteiger partial charge >= 0.3 is 0 Å². The summed E-state index contributed by atoms with van der Waals surface area (Å²) >= 11 is 0. The van der Waals surface area contributed by atoms with Crippen LogP contribution in [0.2, 0.25) is 0 Å². The minimum absolute atomic E-state index is 0.0625. The van der Waals surface area contributed by atoms with E-state index in [-0.39, 0.29) is 11.7 Å². The fraction of sp³-hybridized carbons (Fsp3) is 0.600. The van der Waals surface area contributed by atoms with Crippen molar-refractivity contribution in [1.82, 2.24) is 5.32 Å². The maximum atomic E-state index is 11.6. The van der Waals surface area contributed by atoms with Crippen molar-refractivity contribution < 1.29 is 9.59 Å². The van der Waals surface area contributed by atoms with Gasteiger partial charge in [-0.15, -0.1) is 0 Å². The van der Waals surface area contributed by atoms with Crippen LogP contribution in [0.15, 0.2) is 23.3 Å². The van der Waals surface area contributed by atoms with Crippen molar-refractivity contribution in [2.45, 2.75) is 46.5 Å². The van der Waals surface area contributed by atoms with Gasteiger partial charge in [0.25, 0.3) is 0 Å². The predicted octanol–water partition coefficient (Wildman–Crippen LogP) is 2.77. The van der Waals surface area contributed by atoms with Crippen molar-refractivity contribution in [3.05, 3.63) is 23.3 Å². The van der Waals surface area contributed by atoms with Crippen LogP contribution in [0.5, 0.6) is 0 Å². The van der Waals surface area contributed by atoms with Gasteiger partial charge in [0.15, 0.2) is 5.78 Å². The first-order valence-corrected chi connectivity index (χ1v) is 6.66. The van der Waals surface area contributed by atoms with E-state index in [1.807, 2.05) is 26.8 Å². The van der Waals surface area contributed by atoms with Gasteiger partial charge in [0.2, 0.25) is 5.91 Å². The van der Waals surface area contributed by atoms with E-state index in [9.17, 15) is 9.59 Å². The van der Waals surface area contributed by atoms with Crippen molar-refractivity contribution in [1.29, 1.82) is 0 Å². The maximum Gasteiger partial charge on any atom is 0.247 e. The normalized spacial score (nSPS) is 15.9. The average molecular weight is 249 g/mol. The molecule has 0 radical (unpaired) electrons. The largest absolute Gasteiger partial charge is 0.349 e. The topological polar surface area (TPSA) is 46.2 Å². The van der Waals surface area contributed by atoms with Crippen molar-refractivity contribution >= 4 is 11.7 Å². The van der Waals surface area contributed by atoms with E-state index in [1.165, 1.54) is 0 Å². The lowest BCUT2D eigenvalue weighted by atomic mass is 10.0. The van der Waals surface area contributed by atoms with Crippen LogP contribution in [0.4, 0.5) is 0 Å². The molecule has 1 N–H and O–H groups in total. The summed E-state index contributed by atoms with van der Waals surface area (Å²) in [5.41, 5.74) is 2.00. The lowest BCUT2D eigenvalue weighted by Crippen LogP contribution is -2.17. The van der Waals surface area contributed by atoms with Crippen molar-refractivity contribution in [3.8, 4) is 0 Å². The number of carbonyl (C=O) groups is 2. The van der Waals surface area contributed by atoms with Gasteiger partial charge in [-0.2, -0.15) is 0 Å². The molecule has 0 aliphatic carbocycles. The summed E-state index contributed by atoms with van der Waals surface area (Å²) in [4.78, 5) is 22.9. The Kier molecular flexibility index (Phi) is 5.83. The van der Waals surface area contributed by atoms with E-state index < -0.39 is 0 Å². The second kappa shape index (κ2) is 7.14. The molecular weight excluding hydrogens is 226 g/mol. The predicted molar refractivity (Wildman–Crippen MR) is 73.2 cm³/mol. The Morgan fingerprint density at radius 3 is 2.78 bits per heavy atom. The molecule has 1 amide bonds. The third-order valence-electron chi connectivity index (χ3n) is 2.94. The molecule has 0 bridgehead atoms. The lowest BCUT2D eigenvalue weighted by Gasteiger charge is -2.03. The molecule has 0 saturated carbocycles. The van der Waals surface area contributed by atoms with E-state index in [0.717, 1.165) is 30.4 Å². The van der Waals surface area contributed by atoms with Gasteiger partial charge in [0.05, 0.1) is 0 Å². The summed E-state index contributed by atoms with van der Waals surface area (Å²) in [5.74, 6) is 0.682. The molecule has 3 heteroatoms. The van der Waals surface area contributed by atoms with Crippen LogP contribution < -0.4 is 5.32 Å². The highest BCUT2D eigenvalue weighted by Gasteiger charge is 2.13. The molecule has 3 nitrogen and oxygen atoms in total. The van der Waals surface area contributed by atoms with Crippen LogP contribution in [-0.2, 0) is 9.59 Å². The smallest absolute Gasteiger partial charge is 0.247 e. The Labute approximate surface area is 109 Å². The summed E-state index contributed by atoms with van der Waals surface area (Å²) in [6.45, 7) is 6.75. The van der Waals surface area contributed by atoms with E-state index in [0.29, 0.717) is 18.9 Å². The van der Waals surface area contributed by atoms with Crippen LogP contribution in [-0.4, -0.2) is 18.2 Å². The second-order valence-corrected chi connectivity index (χ2v) is 5.35. The van der Waals surface area contributed by atoms with Crippen LogP contribution in [0.3, 0.4) is 0 Å². The van der Waals surface area contributed by atoms with Crippen molar-refractivity contribution in [2.75, 3.05) is 6.54 Å². The maximum absolute atomic E-state index is 11.6. The number of nitrogens with one attached hydrogen (secondary N) is 1. The van der Waals surface area contributed by atoms with Gasteiger partial charge < -0.3 is 5.32 Å². The third kappa shape index (κ3) is 5.30. The van der Waals surface area contributed by atoms with Crippen molar-refractivity contribution in [3.63, 3.8) is 0 Å². The number of rotatable bonds is 7. The first-order valence-electron chi connectivity index (χ1n) is 6.66. The molecule has 0 saturated heterocycles. The van der Waals surface area contributed by atoms with Gasteiger partial charge in [-0.05, 0) is 38.2 Å². The summed E-state index contributed by atoms with van der Waals surface area (Å²) in [7, 11) is 0. The van der Waals surface area contributed by atoms with Crippen LogP contribution in [0.25, 0.3) is 0 Å². The lowest BCUT2D eigenvalue weighted by molar-refractivity contribution is -0.117. The zero-order valence-electron chi connectivity index (χ0n) is 11.6. The summed E-state index contributed by atoms with van der Waals surface area (Å²) in [5, 5.41) is 2.76.